The van der Waals surface area contributed by atoms with Crippen LogP contribution < -0.4 is 15.4 Å². The average Bonchev–Trinajstić information content (AvgIpc) is 2.84. The maximum absolute atomic E-state index is 12.9. The summed E-state index contributed by atoms with van der Waals surface area (Å²) in [6.45, 7) is 2.09. The number of benzene rings is 3. The highest BCUT2D eigenvalue weighted by molar-refractivity contribution is 7.89. The number of nitrogens with one attached hydrogen (secondary N) is 1. The van der Waals surface area contributed by atoms with E-state index in [0.29, 0.717) is 29.1 Å². The van der Waals surface area contributed by atoms with Gasteiger partial charge in [-0.2, -0.15) is 4.98 Å². The second-order valence-electron chi connectivity index (χ2n) is 8.52. The zero-order valence-electron chi connectivity index (χ0n) is 18.3. The molecule has 170 valence electrons. The van der Waals surface area contributed by atoms with Gasteiger partial charge in [-0.15, -0.1) is 0 Å². The lowest BCUT2D eigenvalue weighted by atomic mass is 9.94. The molecule has 0 saturated carbocycles. The molecule has 0 bridgehead atoms. The lowest BCUT2D eigenvalue weighted by Gasteiger charge is -2.32. The van der Waals surface area contributed by atoms with Crippen LogP contribution in [0.15, 0.2) is 71.6 Å². The Balaban J connectivity index is 1.18. The van der Waals surface area contributed by atoms with Crippen molar-refractivity contribution >= 4 is 43.5 Å². The molecule has 33 heavy (non-hydrogen) atoms. The molecule has 2 heterocycles. The van der Waals surface area contributed by atoms with Gasteiger partial charge in [-0.3, -0.25) is 0 Å². The van der Waals surface area contributed by atoms with Gasteiger partial charge in [-0.1, -0.05) is 48.5 Å². The Morgan fingerprint density at radius 1 is 0.909 bits per heavy atom. The number of nitrogens with zero attached hydrogens (tertiary/aromatic N) is 3. The minimum absolute atomic E-state index is 0.335. The molecule has 4 aromatic rings. The van der Waals surface area contributed by atoms with Crippen LogP contribution in [0.25, 0.3) is 21.7 Å². The van der Waals surface area contributed by atoms with Crippen LogP contribution in [0.3, 0.4) is 0 Å². The minimum Gasteiger partial charge on any atom is -0.383 e. The molecule has 1 saturated heterocycles. The van der Waals surface area contributed by atoms with Crippen LogP contribution in [0, 0.1) is 5.92 Å². The van der Waals surface area contributed by atoms with Crippen LogP contribution in [0.5, 0.6) is 0 Å². The first-order valence-electron chi connectivity index (χ1n) is 11.3. The number of sulfonamides is 1. The van der Waals surface area contributed by atoms with Gasteiger partial charge in [0, 0.05) is 30.4 Å². The van der Waals surface area contributed by atoms with Crippen LogP contribution >= 0.6 is 0 Å². The highest BCUT2D eigenvalue weighted by Gasteiger charge is 2.23. The Bertz CT molecular complexity index is 1390. The first-order valence-corrected chi connectivity index (χ1v) is 12.7. The largest absolute Gasteiger partial charge is 0.383 e. The van der Waals surface area contributed by atoms with Gasteiger partial charge in [0.1, 0.15) is 5.82 Å². The van der Waals surface area contributed by atoms with Crippen LogP contribution in [0.4, 0.5) is 11.8 Å². The maximum Gasteiger partial charge on any atom is 0.241 e. The monoisotopic (exact) mass is 461 g/mol. The number of aromatic nitrogens is 2. The molecule has 0 unspecified atom stereocenters. The van der Waals surface area contributed by atoms with E-state index in [4.69, 9.17) is 5.73 Å². The number of hydrogen-bond donors (Lipinski definition) is 2. The molecule has 3 N–H and O–H groups in total. The molecular weight excluding hydrogens is 434 g/mol. The number of fused-ring (bicyclic) bond motifs is 2. The van der Waals surface area contributed by atoms with E-state index in [1.165, 1.54) is 0 Å². The lowest BCUT2D eigenvalue weighted by Crippen LogP contribution is -2.36. The van der Waals surface area contributed by atoms with Crippen molar-refractivity contribution in [3.63, 3.8) is 0 Å². The summed E-state index contributed by atoms with van der Waals surface area (Å²) in [6, 6.07) is 20.7. The number of nitrogens with two attached hydrogens (primary N) is 1. The third-order valence-electron chi connectivity index (χ3n) is 6.40. The van der Waals surface area contributed by atoms with E-state index in [9.17, 15) is 8.42 Å². The summed E-state index contributed by atoms with van der Waals surface area (Å²) in [7, 11) is -3.56. The molecule has 1 fully saturated rings. The first-order chi connectivity index (χ1) is 16.0. The standard InChI is InChI=1S/C25H27N5O2S/c26-24-21-9-3-4-10-22(21)28-25(29-24)30-16-13-18(14-17-30)12-15-27-33(31,32)23-11-5-7-19-6-1-2-8-20(19)23/h1-11,18,27H,12-17H2,(H2,26,28,29). The average molecular weight is 462 g/mol. The molecule has 1 aliphatic rings. The highest BCUT2D eigenvalue weighted by Crippen LogP contribution is 2.27. The molecule has 5 rings (SSSR count). The smallest absolute Gasteiger partial charge is 0.241 e. The highest BCUT2D eigenvalue weighted by atomic mass is 32.2. The van der Waals surface area contributed by atoms with E-state index in [2.05, 4.69) is 19.6 Å². The maximum atomic E-state index is 12.9. The summed E-state index contributed by atoms with van der Waals surface area (Å²) in [6.07, 6.45) is 2.73. The molecule has 1 aromatic heterocycles. The Morgan fingerprint density at radius 3 is 2.42 bits per heavy atom. The van der Waals surface area contributed by atoms with Crippen molar-refractivity contribution in [2.75, 3.05) is 30.3 Å². The second kappa shape index (κ2) is 8.96. The van der Waals surface area contributed by atoms with E-state index >= 15 is 0 Å². The van der Waals surface area contributed by atoms with Gasteiger partial charge < -0.3 is 10.6 Å². The van der Waals surface area contributed by atoms with Crippen molar-refractivity contribution in [3.05, 3.63) is 66.7 Å². The number of para-hydroxylation sites is 1. The van der Waals surface area contributed by atoms with Crippen molar-refractivity contribution in [1.29, 1.82) is 0 Å². The number of piperidine rings is 1. The van der Waals surface area contributed by atoms with E-state index in [1.54, 1.807) is 12.1 Å². The van der Waals surface area contributed by atoms with Gasteiger partial charge >= 0.3 is 0 Å². The van der Waals surface area contributed by atoms with E-state index in [-0.39, 0.29) is 0 Å². The Labute approximate surface area is 193 Å². The fourth-order valence-corrected chi connectivity index (χ4v) is 5.83. The molecule has 1 aliphatic heterocycles. The third kappa shape index (κ3) is 4.49. The predicted octanol–water partition coefficient (Wildman–Crippen LogP) is 3.95. The Morgan fingerprint density at radius 2 is 1.61 bits per heavy atom. The third-order valence-corrected chi connectivity index (χ3v) is 7.92. The van der Waals surface area contributed by atoms with Crippen molar-refractivity contribution < 1.29 is 8.42 Å². The zero-order valence-corrected chi connectivity index (χ0v) is 19.1. The predicted molar refractivity (Wildman–Crippen MR) is 133 cm³/mol. The molecule has 0 radical (unpaired) electrons. The number of hydrogen-bond acceptors (Lipinski definition) is 6. The van der Waals surface area contributed by atoms with Gasteiger partial charge in [0.25, 0.3) is 0 Å². The Hall–Kier alpha value is -3.23. The first kappa shape index (κ1) is 21.6. The fourth-order valence-electron chi connectivity index (χ4n) is 4.56. The van der Waals surface area contributed by atoms with Crippen LogP contribution in [0.1, 0.15) is 19.3 Å². The van der Waals surface area contributed by atoms with Gasteiger partial charge in [0.15, 0.2) is 0 Å². The molecular formula is C25H27N5O2S. The molecule has 0 amide bonds. The quantitative estimate of drug-likeness (QED) is 0.451. The summed E-state index contributed by atoms with van der Waals surface area (Å²) in [5.41, 5.74) is 6.99. The SMILES string of the molecule is Nc1nc(N2CCC(CCNS(=O)(=O)c3cccc4ccccc34)CC2)nc2ccccc12. The molecule has 3 aromatic carbocycles. The summed E-state index contributed by atoms with van der Waals surface area (Å²) in [5.74, 6) is 1.62. The van der Waals surface area contributed by atoms with Gasteiger partial charge in [0.2, 0.25) is 16.0 Å². The summed E-state index contributed by atoms with van der Waals surface area (Å²) < 4.78 is 28.6. The van der Waals surface area contributed by atoms with Crippen molar-refractivity contribution in [1.82, 2.24) is 14.7 Å². The van der Waals surface area contributed by atoms with E-state index in [0.717, 1.165) is 54.0 Å². The lowest BCUT2D eigenvalue weighted by molar-refractivity contribution is 0.379. The van der Waals surface area contributed by atoms with E-state index in [1.807, 2.05) is 54.6 Å². The summed E-state index contributed by atoms with van der Waals surface area (Å²) >= 11 is 0. The Kier molecular flexibility index (Phi) is 5.86. The number of anilines is 2. The van der Waals surface area contributed by atoms with Crippen molar-refractivity contribution in [2.45, 2.75) is 24.2 Å². The van der Waals surface area contributed by atoms with Crippen LogP contribution in [-0.4, -0.2) is 38.0 Å². The number of rotatable bonds is 6. The minimum atomic E-state index is -3.56. The fraction of sp³-hybridized carbons (Fsp3) is 0.280. The van der Waals surface area contributed by atoms with Crippen molar-refractivity contribution in [2.24, 2.45) is 5.92 Å². The molecule has 0 spiro atoms. The number of nitrogen functional groups attached to an aromatic ring is 1. The molecule has 0 atom stereocenters. The van der Waals surface area contributed by atoms with Gasteiger partial charge in [0.05, 0.1) is 10.4 Å². The molecule has 7 nitrogen and oxygen atoms in total. The normalized spacial score (nSPS) is 15.3. The molecule has 8 heteroatoms. The van der Waals surface area contributed by atoms with Crippen LogP contribution in [-0.2, 0) is 10.0 Å². The second-order valence-corrected chi connectivity index (χ2v) is 10.3. The van der Waals surface area contributed by atoms with Gasteiger partial charge in [-0.05, 0) is 48.8 Å². The van der Waals surface area contributed by atoms with E-state index < -0.39 is 10.0 Å². The zero-order chi connectivity index (χ0) is 22.8. The molecule has 0 aliphatic carbocycles. The van der Waals surface area contributed by atoms with Gasteiger partial charge in [-0.25, -0.2) is 18.1 Å². The van der Waals surface area contributed by atoms with Crippen molar-refractivity contribution in [3.8, 4) is 0 Å². The summed E-state index contributed by atoms with van der Waals surface area (Å²) in [4.78, 5) is 11.7. The van der Waals surface area contributed by atoms with Crippen LogP contribution in [0.2, 0.25) is 0 Å². The summed E-state index contributed by atoms with van der Waals surface area (Å²) in [5, 5.41) is 2.54. The topological polar surface area (TPSA) is 101 Å².